The Balaban J connectivity index is 2.09. The van der Waals surface area contributed by atoms with Gasteiger partial charge in [0.25, 0.3) is 0 Å². The number of nitrogens with two attached hydrogens (primary N) is 1. The van der Waals surface area contributed by atoms with Crippen LogP contribution < -0.4 is 15.8 Å². The molecule has 2 rings (SSSR count). The van der Waals surface area contributed by atoms with Gasteiger partial charge in [-0.25, -0.2) is 0 Å². The van der Waals surface area contributed by atoms with Crippen LogP contribution in [0.4, 0.5) is 5.69 Å². The number of carbonyl (C=O) groups is 1. The zero-order valence-electron chi connectivity index (χ0n) is 10.3. The zero-order chi connectivity index (χ0) is 13.1. The lowest BCUT2D eigenvalue weighted by Crippen LogP contribution is -2.23. The van der Waals surface area contributed by atoms with E-state index in [1.807, 2.05) is 0 Å². The molecule has 1 aliphatic carbocycles. The Labute approximate surface area is 111 Å². The van der Waals surface area contributed by atoms with Crippen molar-refractivity contribution in [2.24, 2.45) is 11.7 Å². The number of ether oxygens (including phenoxy) is 1. The van der Waals surface area contributed by atoms with Crippen molar-refractivity contribution in [2.75, 3.05) is 12.4 Å². The molecular weight excluding hydrogens is 252 g/mol. The van der Waals surface area contributed by atoms with Gasteiger partial charge in [0.2, 0.25) is 5.91 Å². The molecule has 98 valence electrons. The molecule has 0 aliphatic heterocycles. The second-order valence-corrected chi connectivity index (χ2v) is 5.04. The number of hydrogen-bond donors (Lipinski definition) is 2. The van der Waals surface area contributed by atoms with E-state index < -0.39 is 0 Å². The molecule has 3 N–H and O–H groups in total. The van der Waals surface area contributed by atoms with Gasteiger partial charge in [0.15, 0.2) is 0 Å². The first kappa shape index (κ1) is 13.2. The molecule has 5 heteroatoms. The molecule has 0 heterocycles. The summed E-state index contributed by atoms with van der Waals surface area (Å²) < 4.78 is 5.19. The summed E-state index contributed by atoms with van der Waals surface area (Å²) in [4.78, 5) is 12.1. The van der Waals surface area contributed by atoms with Crippen molar-refractivity contribution in [3.8, 4) is 5.75 Å². The predicted molar refractivity (Wildman–Crippen MR) is 72.0 cm³/mol. The first-order valence-corrected chi connectivity index (χ1v) is 6.38. The Morgan fingerprint density at radius 1 is 1.50 bits per heavy atom. The van der Waals surface area contributed by atoms with Crippen molar-refractivity contribution in [2.45, 2.75) is 25.3 Å². The van der Waals surface area contributed by atoms with Crippen molar-refractivity contribution < 1.29 is 9.53 Å². The van der Waals surface area contributed by atoms with Gasteiger partial charge in [-0.15, -0.1) is 0 Å². The van der Waals surface area contributed by atoms with E-state index in [-0.39, 0.29) is 17.9 Å². The van der Waals surface area contributed by atoms with E-state index in [2.05, 4.69) is 5.32 Å². The third-order valence-corrected chi connectivity index (χ3v) is 3.50. The largest absolute Gasteiger partial charge is 0.495 e. The molecule has 2 atom stereocenters. The van der Waals surface area contributed by atoms with E-state index in [1.54, 1.807) is 25.3 Å². The normalized spacial score (nSPS) is 22.8. The molecule has 0 aromatic heterocycles. The van der Waals surface area contributed by atoms with Crippen LogP contribution >= 0.6 is 11.6 Å². The van der Waals surface area contributed by atoms with Crippen molar-refractivity contribution in [1.29, 1.82) is 0 Å². The number of hydrogen-bond acceptors (Lipinski definition) is 3. The van der Waals surface area contributed by atoms with Crippen LogP contribution in [0, 0.1) is 5.92 Å². The maximum atomic E-state index is 12.1. The number of halogens is 1. The lowest BCUT2D eigenvalue weighted by Gasteiger charge is -2.13. The highest BCUT2D eigenvalue weighted by atomic mass is 35.5. The van der Waals surface area contributed by atoms with Crippen molar-refractivity contribution in [3.63, 3.8) is 0 Å². The number of nitrogens with one attached hydrogen (secondary N) is 1. The monoisotopic (exact) mass is 268 g/mol. The first-order valence-electron chi connectivity index (χ1n) is 6.00. The molecule has 0 radical (unpaired) electrons. The Hall–Kier alpha value is -1.26. The predicted octanol–water partition coefficient (Wildman–Crippen LogP) is 2.41. The van der Waals surface area contributed by atoms with Gasteiger partial charge in [0.1, 0.15) is 5.75 Å². The third-order valence-electron chi connectivity index (χ3n) is 3.26. The van der Waals surface area contributed by atoms with E-state index in [0.717, 1.165) is 19.3 Å². The lowest BCUT2D eigenvalue weighted by atomic mass is 10.1. The molecule has 0 bridgehead atoms. The molecule has 1 aromatic rings. The quantitative estimate of drug-likeness (QED) is 0.885. The Kier molecular flexibility index (Phi) is 4.09. The smallest absolute Gasteiger partial charge is 0.227 e. The summed E-state index contributed by atoms with van der Waals surface area (Å²) in [7, 11) is 1.56. The number of rotatable bonds is 3. The fraction of sp³-hybridized carbons (Fsp3) is 0.462. The summed E-state index contributed by atoms with van der Waals surface area (Å²) in [6.07, 6.45) is 2.50. The molecule has 2 unspecified atom stereocenters. The highest BCUT2D eigenvalue weighted by Gasteiger charge is 2.28. The number of methoxy groups -OCH3 is 1. The topological polar surface area (TPSA) is 64.3 Å². The number of carbonyl (C=O) groups excluding carboxylic acids is 1. The van der Waals surface area contributed by atoms with Gasteiger partial charge in [-0.05, 0) is 37.5 Å². The molecule has 4 nitrogen and oxygen atoms in total. The van der Waals surface area contributed by atoms with Crippen LogP contribution in [0.1, 0.15) is 19.3 Å². The third kappa shape index (κ3) is 2.94. The molecule has 1 aliphatic rings. The number of amides is 1. The van der Waals surface area contributed by atoms with Gasteiger partial charge in [0, 0.05) is 17.0 Å². The minimum Gasteiger partial charge on any atom is -0.495 e. The summed E-state index contributed by atoms with van der Waals surface area (Å²) in [5, 5.41) is 3.42. The number of anilines is 1. The summed E-state index contributed by atoms with van der Waals surface area (Å²) in [5.41, 5.74) is 6.42. The minimum atomic E-state index is -0.0106. The molecule has 1 fully saturated rings. The molecular formula is C13H17ClN2O2. The summed E-state index contributed by atoms with van der Waals surface area (Å²) in [5.74, 6) is 0.585. The number of benzene rings is 1. The van der Waals surface area contributed by atoms with Crippen molar-refractivity contribution >= 4 is 23.2 Å². The zero-order valence-corrected chi connectivity index (χ0v) is 11.0. The van der Waals surface area contributed by atoms with E-state index in [1.165, 1.54) is 0 Å². The Morgan fingerprint density at radius 2 is 2.28 bits per heavy atom. The van der Waals surface area contributed by atoms with Crippen LogP contribution in [0.5, 0.6) is 5.75 Å². The van der Waals surface area contributed by atoms with Crippen LogP contribution in [0.2, 0.25) is 5.02 Å². The SMILES string of the molecule is COc1ccc(Cl)cc1NC(=O)C1CCC(N)C1. The maximum absolute atomic E-state index is 12.1. The van der Waals surface area contributed by atoms with E-state index in [9.17, 15) is 4.79 Å². The minimum absolute atomic E-state index is 0.0105. The molecule has 18 heavy (non-hydrogen) atoms. The van der Waals surface area contributed by atoms with Crippen LogP contribution in [-0.2, 0) is 4.79 Å². The van der Waals surface area contributed by atoms with Crippen LogP contribution in [0.15, 0.2) is 18.2 Å². The van der Waals surface area contributed by atoms with Crippen LogP contribution in [0.25, 0.3) is 0 Å². The maximum Gasteiger partial charge on any atom is 0.227 e. The lowest BCUT2D eigenvalue weighted by molar-refractivity contribution is -0.119. The first-order chi connectivity index (χ1) is 8.60. The molecule has 1 saturated carbocycles. The summed E-state index contributed by atoms with van der Waals surface area (Å²) in [6.45, 7) is 0. The Morgan fingerprint density at radius 3 is 2.89 bits per heavy atom. The van der Waals surface area contributed by atoms with E-state index in [0.29, 0.717) is 16.5 Å². The van der Waals surface area contributed by atoms with Crippen LogP contribution in [-0.4, -0.2) is 19.1 Å². The second kappa shape index (κ2) is 5.59. The second-order valence-electron chi connectivity index (χ2n) is 4.60. The highest BCUT2D eigenvalue weighted by Crippen LogP contribution is 2.30. The molecule has 1 aromatic carbocycles. The average Bonchev–Trinajstić information content (AvgIpc) is 2.76. The van der Waals surface area contributed by atoms with Crippen molar-refractivity contribution in [1.82, 2.24) is 0 Å². The van der Waals surface area contributed by atoms with E-state index >= 15 is 0 Å². The van der Waals surface area contributed by atoms with Crippen molar-refractivity contribution in [3.05, 3.63) is 23.2 Å². The van der Waals surface area contributed by atoms with E-state index in [4.69, 9.17) is 22.1 Å². The van der Waals surface area contributed by atoms with Gasteiger partial charge >= 0.3 is 0 Å². The summed E-state index contributed by atoms with van der Waals surface area (Å²) in [6, 6.07) is 5.29. The molecule has 0 spiro atoms. The summed E-state index contributed by atoms with van der Waals surface area (Å²) >= 11 is 5.91. The molecule has 0 saturated heterocycles. The molecule has 1 amide bonds. The highest BCUT2D eigenvalue weighted by molar-refractivity contribution is 6.31. The van der Waals surface area contributed by atoms with Gasteiger partial charge < -0.3 is 15.8 Å². The van der Waals surface area contributed by atoms with Gasteiger partial charge in [-0.2, -0.15) is 0 Å². The van der Waals surface area contributed by atoms with Crippen LogP contribution in [0.3, 0.4) is 0 Å². The van der Waals surface area contributed by atoms with Gasteiger partial charge in [0.05, 0.1) is 12.8 Å². The van der Waals surface area contributed by atoms with Gasteiger partial charge in [-0.3, -0.25) is 4.79 Å². The fourth-order valence-electron chi connectivity index (χ4n) is 2.27. The average molecular weight is 269 g/mol. The standard InChI is InChI=1S/C13H17ClN2O2/c1-18-12-5-3-9(14)7-11(12)16-13(17)8-2-4-10(15)6-8/h3,5,7-8,10H,2,4,6,15H2,1H3,(H,16,17). The fourth-order valence-corrected chi connectivity index (χ4v) is 2.44. The van der Waals surface area contributed by atoms with Gasteiger partial charge in [-0.1, -0.05) is 11.6 Å². The Bertz CT molecular complexity index is 451.